The van der Waals surface area contributed by atoms with Crippen LogP contribution >= 0.6 is 12.4 Å². The molecule has 0 aliphatic heterocycles. The van der Waals surface area contributed by atoms with Crippen LogP contribution in [0.5, 0.6) is 5.75 Å². The number of hydrogen-bond acceptors (Lipinski definition) is 4. The van der Waals surface area contributed by atoms with E-state index < -0.39 is 6.10 Å². The van der Waals surface area contributed by atoms with Crippen LogP contribution in [-0.2, 0) is 4.79 Å². The summed E-state index contributed by atoms with van der Waals surface area (Å²) in [5, 5.41) is 12.6. The van der Waals surface area contributed by atoms with E-state index in [1.807, 2.05) is 31.2 Å². The molecule has 1 saturated carbocycles. The zero-order valence-electron chi connectivity index (χ0n) is 12.8. The number of hydrogen-bond donors (Lipinski definition) is 3. The molecule has 4 N–H and O–H groups in total. The summed E-state index contributed by atoms with van der Waals surface area (Å²) in [4.78, 5) is 11.9. The highest BCUT2D eigenvalue weighted by Crippen LogP contribution is 2.23. The van der Waals surface area contributed by atoms with Gasteiger partial charge in [0.2, 0.25) is 5.91 Å². The molecule has 1 aromatic rings. The zero-order valence-corrected chi connectivity index (χ0v) is 13.6. The van der Waals surface area contributed by atoms with Crippen molar-refractivity contribution >= 4 is 18.3 Å². The van der Waals surface area contributed by atoms with Crippen LogP contribution in [0.4, 0.5) is 0 Å². The van der Waals surface area contributed by atoms with Crippen LogP contribution in [0.25, 0.3) is 0 Å². The summed E-state index contributed by atoms with van der Waals surface area (Å²) in [5.41, 5.74) is 6.90. The molecule has 6 heteroatoms. The third-order valence-electron chi connectivity index (χ3n) is 3.79. The van der Waals surface area contributed by atoms with Gasteiger partial charge in [-0.05, 0) is 43.9 Å². The van der Waals surface area contributed by atoms with E-state index in [1.54, 1.807) is 0 Å². The molecule has 0 spiro atoms. The molecule has 0 radical (unpaired) electrons. The van der Waals surface area contributed by atoms with E-state index in [9.17, 15) is 9.90 Å². The lowest BCUT2D eigenvalue weighted by atomic mass is 10.1. The molecular weight excluding hydrogens is 304 g/mol. The fourth-order valence-corrected chi connectivity index (χ4v) is 2.57. The number of benzene rings is 1. The Kier molecular flexibility index (Phi) is 7.65. The molecule has 3 unspecified atom stereocenters. The molecule has 1 aromatic carbocycles. The van der Waals surface area contributed by atoms with E-state index in [1.165, 1.54) is 0 Å². The summed E-state index contributed by atoms with van der Waals surface area (Å²) in [6.07, 6.45) is 1.76. The van der Waals surface area contributed by atoms with Crippen LogP contribution in [0.1, 0.15) is 24.8 Å². The lowest BCUT2D eigenvalue weighted by molar-refractivity contribution is -0.125. The molecule has 3 atom stereocenters. The second-order valence-electron chi connectivity index (χ2n) is 5.80. The second kappa shape index (κ2) is 8.98. The maximum absolute atomic E-state index is 11.9. The largest absolute Gasteiger partial charge is 0.491 e. The summed E-state index contributed by atoms with van der Waals surface area (Å²) in [6, 6.07) is 7.77. The van der Waals surface area contributed by atoms with E-state index in [0.29, 0.717) is 0 Å². The lowest BCUT2D eigenvalue weighted by Crippen LogP contribution is -2.38. The Balaban J connectivity index is 0.00000242. The van der Waals surface area contributed by atoms with Gasteiger partial charge in [-0.25, -0.2) is 0 Å². The standard InChI is InChI=1S/C16H24N2O3.ClH/c1-11-3-2-4-15(7-11)21-10-14(19)9-18-16(20)12-5-6-13(17)8-12;/h2-4,7,12-14,19H,5-6,8-10,17H2,1H3,(H,18,20);1H. The van der Waals surface area contributed by atoms with E-state index in [2.05, 4.69) is 5.32 Å². The highest BCUT2D eigenvalue weighted by Gasteiger charge is 2.27. The number of aliphatic hydroxyl groups is 1. The first kappa shape index (κ1) is 18.7. The monoisotopic (exact) mass is 328 g/mol. The Bertz CT molecular complexity index is 484. The number of nitrogens with two attached hydrogens (primary N) is 1. The molecule has 0 bridgehead atoms. The Morgan fingerprint density at radius 1 is 1.50 bits per heavy atom. The second-order valence-corrected chi connectivity index (χ2v) is 5.80. The van der Waals surface area contributed by atoms with Crippen molar-refractivity contribution in [1.82, 2.24) is 5.32 Å². The van der Waals surface area contributed by atoms with E-state index in [-0.39, 0.29) is 43.4 Å². The number of nitrogens with one attached hydrogen (secondary N) is 1. The minimum atomic E-state index is -0.718. The lowest BCUT2D eigenvalue weighted by Gasteiger charge is -2.15. The van der Waals surface area contributed by atoms with Crippen molar-refractivity contribution in [2.75, 3.05) is 13.2 Å². The minimum Gasteiger partial charge on any atom is -0.491 e. The molecule has 0 heterocycles. The van der Waals surface area contributed by atoms with Crippen molar-refractivity contribution in [2.24, 2.45) is 11.7 Å². The highest BCUT2D eigenvalue weighted by molar-refractivity contribution is 5.85. The molecule has 1 fully saturated rings. The average Bonchev–Trinajstić information content (AvgIpc) is 2.89. The normalized spacial score (nSPS) is 21.8. The van der Waals surface area contributed by atoms with Crippen LogP contribution in [-0.4, -0.2) is 36.3 Å². The predicted molar refractivity (Wildman–Crippen MR) is 88.3 cm³/mol. The van der Waals surface area contributed by atoms with E-state index in [0.717, 1.165) is 30.6 Å². The van der Waals surface area contributed by atoms with Crippen molar-refractivity contribution in [3.05, 3.63) is 29.8 Å². The van der Waals surface area contributed by atoms with Crippen LogP contribution in [0, 0.1) is 12.8 Å². The van der Waals surface area contributed by atoms with Crippen LogP contribution in [0.3, 0.4) is 0 Å². The van der Waals surface area contributed by atoms with Crippen LogP contribution in [0.15, 0.2) is 24.3 Å². The third-order valence-corrected chi connectivity index (χ3v) is 3.79. The molecule has 1 aliphatic rings. The number of amides is 1. The number of carbonyl (C=O) groups is 1. The van der Waals surface area contributed by atoms with Gasteiger partial charge >= 0.3 is 0 Å². The van der Waals surface area contributed by atoms with Crippen molar-refractivity contribution < 1.29 is 14.6 Å². The quantitative estimate of drug-likeness (QED) is 0.737. The summed E-state index contributed by atoms with van der Waals surface area (Å²) >= 11 is 0. The van der Waals surface area contributed by atoms with Crippen LogP contribution < -0.4 is 15.8 Å². The van der Waals surface area contributed by atoms with Gasteiger partial charge in [0.05, 0.1) is 0 Å². The van der Waals surface area contributed by atoms with Crippen molar-refractivity contribution in [1.29, 1.82) is 0 Å². The first-order valence-corrected chi connectivity index (χ1v) is 7.45. The van der Waals surface area contributed by atoms with Gasteiger partial charge in [0, 0.05) is 18.5 Å². The Hall–Kier alpha value is -1.30. The maximum Gasteiger partial charge on any atom is 0.223 e. The Morgan fingerprint density at radius 3 is 2.91 bits per heavy atom. The number of aliphatic hydroxyl groups excluding tert-OH is 1. The summed E-state index contributed by atoms with van der Waals surface area (Å²) in [7, 11) is 0. The molecule has 1 amide bonds. The first-order valence-electron chi connectivity index (χ1n) is 7.45. The molecule has 0 saturated heterocycles. The molecule has 1 aliphatic carbocycles. The number of halogens is 1. The van der Waals surface area contributed by atoms with Gasteiger partial charge in [0.25, 0.3) is 0 Å². The predicted octanol–water partition coefficient (Wildman–Crippen LogP) is 1.40. The van der Waals surface area contributed by atoms with Crippen molar-refractivity contribution in [3.8, 4) is 5.75 Å². The first-order chi connectivity index (χ1) is 10.0. The van der Waals surface area contributed by atoms with Gasteiger partial charge in [-0.3, -0.25) is 4.79 Å². The molecule has 5 nitrogen and oxygen atoms in total. The van der Waals surface area contributed by atoms with Gasteiger partial charge in [-0.15, -0.1) is 12.4 Å². The van der Waals surface area contributed by atoms with Gasteiger partial charge in [0.15, 0.2) is 0 Å². The van der Waals surface area contributed by atoms with Gasteiger partial charge < -0.3 is 20.9 Å². The molecule has 124 valence electrons. The Labute approximate surface area is 137 Å². The van der Waals surface area contributed by atoms with Crippen molar-refractivity contribution in [3.63, 3.8) is 0 Å². The Morgan fingerprint density at radius 2 is 2.27 bits per heavy atom. The smallest absolute Gasteiger partial charge is 0.223 e. The third kappa shape index (κ3) is 5.83. The summed E-state index contributed by atoms with van der Waals surface area (Å²) < 4.78 is 5.50. The average molecular weight is 329 g/mol. The van der Waals surface area contributed by atoms with Crippen molar-refractivity contribution in [2.45, 2.75) is 38.3 Å². The number of ether oxygens (including phenoxy) is 1. The molecule has 22 heavy (non-hydrogen) atoms. The summed E-state index contributed by atoms with van der Waals surface area (Å²) in [6.45, 7) is 2.35. The maximum atomic E-state index is 11.9. The topological polar surface area (TPSA) is 84.6 Å². The summed E-state index contributed by atoms with van der Waals surface area (Å²) in [5.74, 6) is 0.699. The SMILES string of the molecule is Cc1cccc(OCC(O)CNC(=O)C2CCC(N)C2)c1.Cl. The van der Waals surface area contributed by atoms with Gasteiger partial charge in [-0.1, -0.05) is 12.1 Å². The minimum absolute atomic E-state index is 0. The fraction of sp³-hybridized carbons (Fsp3) is 0.562. The number of aryl methyl sites for hydroxylation is 1. The molecule has 0 aromatic heterocycles. The number of carbonyl (C=O) groups excluding carboxylic acids is 1. The van der Waals surface area contributed by atoms with Crippen LogP contribution in [0.2, 0.25) is 0 Å². The molecular formula is C16H25ClN2O3. The van der Waals surface area contributed by atoms with Gasteiger partial charge in [-0.2, -0.15) is 0 Å². The fourth-order valence-electron chi connectivity index (χ4n) is 2.57. The number of rotatable bonds is 6. The highest BCUT2D eigenvalue weighted by atomic mass is 35.5. The van der Waals surface area contributed by atoms with E-state index in [4.69, 9.17) is 10.5 Å². The zero-order chi connectivity index (χ0) is 15.2. The molecule has 2 rings (SSSR count). The van der Waals surface area contributed by atoms with E-state index >= 15 is 0 Å². The van der Waals surface area contributed by atoms with Gasteiger partial charge in [0.1, 0.15) is 18.5 Å².